The van der Waals surface area contributed by atoms with Crippen molar-refractivity contribution >= 4 is 88.5 Å². The first-order valence-corrected chi connectivity index (χ1v) is 40.7. The Kier molecular flexibility index (Phi) is 15.9. The number of benzene rings is 14. The van der Waals surface area contributed by atoms with Crippen LogP contribution in [-0.2, 0) is 21.7 Å². The third-order valence-corrected chi connectivity index (χ3v) is 24.4. The van der Waals surface area contributed by atoms with Gasteiger partial charge in [-0.3, -0.25) is 0 Å². The molecule has 8 nitrogen and oxygen atoms in total. The highest BCUT2D eigenvalue weighted by molar-refractivity contribution is 7.00. The lowest BCUT2D eigenvalue weighted by Crippen LogP contribution is -2.59. The molecule has 0 N–H and O–H groups in total. The van der Waals surface area contributed by atoms with Crippen LogP contribution in [0.5, 0.6) is 0 Å². The van der Waals surface area contributed by atoms with Crippen LogP contribution in [-0.4, -0.2) is 45.3 Å². The molecule has 116 heavy (non-hydrogen) atoms. The lowest BCUT2D eigenvalue weighted by Gasteiger charge is -2.35. The molecule has 0 fully saturated rings. The highest BCUT2D eigenvalue weighted by Gasteiger charge is 2.43. The van der Waals surface area contributed by atoms with Crippen molar-refractivity contribution in [2.24, 2.45) is 0 Å². The molecule has 19 aromatic rings. The topological polar surface area (TPSA) is 79.2 Å². The molecular weight excluding hydrogens is 1410 g/mol. The third-order valence-electron chi connectivity index (χ3n) is 24.4. The van der Waals surface area contributed by atoms with Crippen molar-refractivity contribution in [2.75, 3.05) is 0 Å². The summed E-state index contributed by atoms with van der Waals surface area (Å²) in [6, 6.07) is 114. The van der Waals surface area contributed by atoms with Crippen LogP contribution in [0.2, 0.25) is 0 Å². The van der Waals surface area contributed by atoms with Crippen molar-refractivity contribution in [2.45, 2.75) is 105 Å². The SMILES string of the molecule is CC(C)(C)c1cc(-c2cc3c4c(c2)c2ccccc2n4-c2cc(-c4ccc5c(c4)c4ccccc4n5-c4ccc(-c5nc(-c6ccccc6)cc(-c6ccccc6)n5)cc4-c4nc(-c5ccccc5)nc(-c5ccccc5)n4)cc4c2B3c2cc(-c3cc(C(C)(C)C)cc(C(C)(C)C)c3)cc3c5ccccc5n-4c23)cc(C(C)(C)C)c1. The molecule has 14 aromatic carbocycles. The molecule has 7 heterocycles. The van der Waals surface area contributed by atoms with Crippen molar-refractivity contribution in [3.63, 3.8) is 0 Å². The number of para-hydroxylation sites is 3. The minimum atomic E-state index is -0.156. The summed E-state index contributed by atoms with van der Waals surface area (Å²) in [4.78, 5) is 27.0. The molecule has 5 aromatic heterocycles. The summed E-state index contributed by atoms with van der Waals surface area (Å²) < 4.78 is 7.70. The molecule has 0 amide bonds. The Morgan fingerprint density at radius 1 is 0.224 bits per heavy atom. The van der Waals surface area contributed by atoms with Crippen LogP contribution in [0.1, 0.15) is 105 Å². The summed E-state index contributed by atoms with van der Waals surface area (Å²) in [6.07, 6.45) is 0. The van der Waals surface area contributed by atoms with Crippen LogP contribution >= 0.6 is 0 Å². The van der Waals surface area contributed by atoms with Gasteiger partial charge in [0.25, 0.3) is 6.71 Å². The van der Waals surface area contributed by atoms with E-state index in [0.717, 1.165) is 83.4 Å². The number of hydrogen-bond acceptors (Lipinski definition) is 5. The zero-order valence-electron chi connectivity index (χ0n) is 67.6. The molecule has 2 aliphatic heterocycles. The van der Waals surface area contributed by atoms with Crippen molar-refractivity contribution < 1.29 is 0 Å². The zero-order valence-corrected chi connectivity index (χ0v) is 67.6. The average molecular weight is 1500 g/mol. The van der Waals surface area contributed by atoms with Gasteiger partial charge in [0, 0.05) is 88.1 Å². The fourth-order valence-corrected chi connectivity index (χ4v) is 18.3. The second-order valence-electron chi connectivity index (χ2n) is 36.1. The van der Waals surface area contributed by atoms with E-state index < -0.39 is 0 Å². The van der Waals surface area contributed by atoms with E-state index >= 15 is 0 Å². The highest BCUT2D eigenvalue weighted by Crippen LogP contribution is 2.47. The van der Waals surface area contributed by atoms with Crippen LogP contribution in [0.4, 0.5) is 0 Å². The van der Waals surface area contributed by atoms with Gasteiger partial charge < -0.3 is 13.7 Å². The van der Waals surface area contributed by atoms with Gasteiger partial charge in [0.1, 0.15) is 0 Å². The van der Waals surface area contributed by atoms with Gasteiger partial charge in [-0.1, -0.05) is 314 Å². The summed E-state index contributed by atoms with van der Waals surface area (Å²) in [5, 5.41) is 7.22. The third kappa shape index (κ3) is 11.6. The predicted molar refractivity (Wildman–Crippen MR) is 487 cm³/mol. The molecule has 2 aliphatic rings. The molecule has 0 saturated heterocycles. The number of aromatic nitrogens is 8. The number of nitrogens with zero attached hydrogens (tertiary/aromatic N) is 8. The van der Waals surface area contributed by atoms with Gasteiger partial charge in [0.05, 0.1) is 39.1 Å². The Morgan fingerprint density at radius 3 is 1.01 bits per heavy atom. The number of fused-ring (bicyclic) bond motifs is 13. The summed E-state index contributed by atoms with van der Waals surface area (Å²) in [7, 11) is 0. The second kappa shape index (κ2) is 26.1. The van der Waals surface area contributed by atoms with E-state index in [-0.39, 0.29) is 28.4 Å². The molecule has 0 bridgehead atoms. The largest absolute Gasteiger partial charge is 0.310 e. The first kappa shape index (κ1) is 70.5. The molecule has 0 spiro atoms. The molecular formula is C107H87BN8. The lowest BCUT2D eigenvalue weighted by molar-refractivity contribution is 0.568. The molecule has 9 heteroatoms. The van der Waals surface area contributed by atoms with Gasteiger partial charge in [-0.25, -0.2) is 24.9 Å². The van der Waals surface area contributed by atoms with E-state index in [1.54, 1.807) is 0 Å². The van der Waals surface area contributed by atoms with Gasteiger partial charge in [0.15, 0.2) is 23.3 Å². The monoisotopic (exact) mass is 1490 g/mol. The summed E-state index contributed by atoms with van der Waals surface area (Å²) in [6.45, 7) is 28.1. The molecule has 0 atom stereocenters. The predicted octanol–water partition coefficient (Wildman–Crippen LogP) is 25.3. The summed E-state index contributed by atoms with van der Waals surface area (Å²) >= 11 is 0. The average Bonchev–Trinajstić information content (AvgIpc) is 1.51. The standard InChI is InChI=1S/C107H87BN8/c1-104(2,3)75-49-70(50-76(61-75)105(4,5)6)72-55-83-80-40-26-29-43-91(80)115-95-59-74(60-96-97(95)108(86(57-72)98(83)115)87-58-73(56-84-81-41-27-30-44-92(81)116(96)99(84)87)71-51-77(106(7,8)9)62-78(52-71)107(10,11)12)68-45-47-93-82(53-68)79-39-25-28-42-90(79)114(93)94-48-46-69(102-109-88(64-31-17-13-18-32-64)63-89(110-102)65-33-19-14-20-34-65)54-85(94)103-112-100(66-35-21-15-22-36-66)111-101(113-103)67-37-23-16-24-38-67/h13-63H,1-12H3. The van der Waals surface area contributed by atoms with Crippen molar-refractivity contribution in [1.82, 2.24) is 38.6 Å². The van der Waals surface area contributed by atoms with Gasteiger partial charge in [0.2, 0.25) is 0 Å². The van der Waals surface area contributed by atoms with Crippen LogP contribution in [0.3, 0.4) is 0 Å². The molecule has 21 rings (SSSR count). The molecule has 0 aliphatic carbocycles. The number of rotatable bonds is 10. The molecule has 0 unspecified atom stereocenters. The maximum Gasteiger partial charge on any atom is 0.252 e. The Bertz CT molecular complexity index is 6880. The Balaban J connectivity index is 0.821. The fraction of sp³-hybridized carbons (Fsp3) is 0.150. The zero-order chi connectivity index (χ0) is 79.0. The maximum atomic E-state index is 5.50. The minimum Gasteiger partial charge on any atom is -0.310 e. The van der Waals surface area contributed by atoms with Crippen LogP contribution in [0.15, 0.2) is 309 Å². The van der Waals surface area contributed by atoms with Crippen LogP contribution in [0.25, 0.3) is 184 Å². The minimum absolute atomic E-state index is 0.0764. The van der Waals surface area contributed by atoms with Crippen molar-refractivity contribution in [3.8, 4) is 119 Å². The van der Waals surface area contributed by atoms with Crippen molar-refractivity contribution in [1.29, 1.82) is 0 Å². The maximum absolute atomic E-state index is 5.50. The Morgan fingerprint density at radius 2 is 0.569 bits per heavy atom. The van der Waals surface area contributed by atoms with Gasteiger partial charge in [-0.05, 0) is 173 Å². The van der Waals surface area contributed by atoms with Crippen LogP contribution < -0.4 is 16.4 Å². The van der Waals surface area contributed by atoms with Gasteiger partial charge in [-0.15, -0.1) is 0 Å². The molecule has 558 valence electrons. The van der Waals surface area contributed by atoms with E-state index in [1.165, 1.54) is 116 Å². The summed E-state index contributed by atoms with van der Waals surface area (Å²) in [5.74, 6) is 2.24. The Labute approximate surface area is 677 Å². The number of hydrogen-bond donors (Lipinski definition) is 0. The molecule has 0 radical (unpaired) electrons. The van der Waals surface area contributed by atoms with Crippen LogP contribution in [0, 0.1) is 0 Å². The van der Waals surface area contributed by atoms with E-state index in [0.29, 0.717) is 23.3 Å². The van der Waals surface area contributed by atoms with E-state index in [4.69, 9.17) is 24.9 Å². The second-order valence-corrected chi connectivity index (χ2v) is 36.1. The van der Waals surface area contributed by atoms with Gasteiger partial charge in [-0.2, -0.15) is 0 Å². The smallest absolute Gasteiger partial charge is 0.252 e. The fourth-order valence-electron chi connectivity index (χ4n) is 18.3. The Hall–Kier alpha value is -13.4. The first-order valence-electron chi connectivity index (χ1n) is 40.7. The molecule has 0 saturated carbocycles. The first-order chi connectivity index (χ1) is 56.0. The highest BCUT2D eigenvalue weighted by atomic mass is 15.1. The lowest BCUT2D eigenvalue weighted by atomic mass is 9.34. The quantitative estimate of drug-likeness (QED) is 0.128. The van der Waals surface area contributed by atoms with Gasteiger partial charge >= 0.3 is 0 Å². The van der Waals surface area contributed by atoms with E-state index in [1.807, 2.05) is 48.5 Å². The van der Waals surface area contributed by atoms with Crippen molar-refractivity contribution in [3.05, 3.63) is 332 Å². The normalized spacial score (nSPS) is 12.8. The van der Waals surface area contributed by atoms with E-state index in [9.17, 15) is 0 Å². The summed E-state index contributed by atoms with van der Waals surface area (Å²) in [5.41, 5.74) is 33.4. The van der Waals surface area contributed by atoms with E-state index in [2.05, 4.69) is 358 Å².